The van der Waals surface area contributed by atoms with Gasteiger partial charge in [0.1, 0.15) is 12.4 Å². The first-order valence-corrected chi connectivity index (χ1v) is 5.09. The van der Waals surface area contributed by atoms with Crippen LogP contribution in [0.1, 0.15) is 18.1 Å². The van der Waals surface area contributed by atoms with Crippen molar-refractivity contribution in [3.05, 3.63) is 30.1 Å². The van der Waals surface area contributed by atoms with Gasteiger partial charge >= 0.3 is 6.55 Å². The molecular weight excluding hydrogens is 230 g/mol. The molecule has 0 saturated heterocycles. The van der Waals surface area contributed by atoms with Crippen LogP contribution >= 0.6 is 0 Å². The topological polar surface area (TPSA) is 74.6 Å². The van der Waals surface area contributed by atoms with Gasteiger partial charge in [-0.1, -0.05) is 5.21 Å². The predicted octanol–water partition coefficient (Wildman–Crippen LogP) is 0.419. The summed E-state index contributed by atoms with van der Waals surface area (Å²) in [5, 5.41) is 7.69. The van der Waals surface area contributed by atoms with E-state index in [4.69, 9.17) is 5.73 Å². The Labute approximate surface area is 96.1 Å². The maximum absolute atomic E-state index is 12.6. The van der Waals surface area contributed by atoms with E-state index >= 15 is 0 Å². The average Bonchev–Trinajstić information content (AvgIpc) is 2.89. The van der Waals surface area contributed by atoms with Gasteiger partial charge in [-0.3, -0.25) is 4.57 Å². The van der Waals surface area contributed by atoms with E-state index in [0.29, 0.717) is 13.0 Å². The summed E-state index contributed by atoms with van der Waals surface area (Å²) in [7, 11) is 0. The smallest absolute Gasteiger partial charge is 0.319 e. The highest BCUT2D eigenvalue weighted by Gasteiger charge is 2.12. The second-order valence-electron chi connectivity index (χ2n) is 3.47. The molecule has 8 heteroatoms. The third kappa shape index (κ3) is 2.64. The van der Waals surface area contributed by atoms with Crippen molar-refractivity contribution in [2.75, 3.05) is 6.54 Å². The lowest BCUT2D eigenvalue weighted by Crippen LogP contribution is -2.09. The van der Waals surface area contributed by atoms with Crippen LogP contribution in [0.2, 0.25) is 0 Å². The van der Waals surface area contributed by atoms with E-state index in [0.717, 1.165) is 10.3 Å². The molecule has 92 valence electrons. The number of imidazole rings is 1. The van der Waals surface area contributed by atoms with Crippen molar-refractivity contribution in [1.29, 1.82) is 0 Å². The molecule has 0 radical (unpaired) electrons. The van der Waals surface area contributed by atoms with Crippen LogP contribution in [0.15, 0.2) is 18.6 Å². The van der Waals surface area contributed by atoms with Gasteiger partial charge < -0.3 is 5.73 Å². The zero-order valence-corrected chi connectivity index (χ0v) is 9.00. The molecule has 17 heavy (non-hydrogen) atoms. The summed E-state index contributed by atoms with van der Waals surface area (Å²) in [6.07, 6.45) is 4.86. The number of halogens is 2. The van der Waals surface area contributed by atoms with Gasteiger partial charge in [0.05, 0.1) is 5.69 Å². The van der Waals surface area contributed by atoms with E-state index in [-0.39, 0.29) is 12.4 Å². The molecule has 0 aliphatic rings. The highest BCUT2D eigenvalue weighted by molar-refractivity contribution is 4.97. The second-order valence-corrected chi connectivity index (χ2v) is 3.47. The van der Waals surface area contributed by atoms with Gasteiger partial charge in [0.25, 0.3) is 0 Å². The molecule has 6 nitrogen and oxygen atoms in total. The summed E-state index contributed by atoms with van der Waals surface area (Å²) in [4.78, 5) is 3.86. The maximum atomic E-state index is 12.6. The largest absolute Gasteiger partial charge is 0.330 e. The van der Waals surface area contributed by atoms with Crippen LogP contribution in [0.3, 0.4) is 0 Å². The molecule has 2 rings (SSSR count). The monoisotopic (exact) mass is 242 g/mol. The number of nitrogens with two attached hydrogens (primary N) is 1. The Bertz CT molecular complexity index is 477. The molecule has 2 aromatic heterocycles. The normalized spacial score (nSPS) is 11.3. The van der Waals surface area contributed by atoms with Crippen LogP contribution in [0.5, 0.6) is 0 Å². The molecule has 0 spiro atoms. The number of nitrogens with zero attached hydrogens (tertiary/aromatic N) is 5. The molecule has 0 fully saturated rings. The molecule has 2 aromatic rings. The predicted molar refractivity (Wildman–Crippen MR) is 55.4 cm³/mol. The van der Waals surface area contributed by atoms with E-state index in [1.165, 1.54) is 17.1 Å². The standard InChI is InChI=1S/C9H12F2N6/c10-9(11)17-4-3-13-8(17)6-16-5-7(1-2-12)14-15-16/h3-5,9H,1-2,6,12H2. The second kappa shape index (κ2) is 5.00. The van der Waals surface area contributed by atoms with E-state index in [1.807, 2.05) is 0 Å². The average molecular weight is 242 g/mol. The summed E-state index contributed by atoms with van der Waals surface area (Å²) in [5.74, 6) is 0.240. The van der Waals surface area contributed by atoms with E-state index < -0.39 is 6.55 Å². The minimum absolute atomic E-state index is 0.162. The molecule has 0 saturated carbocycles. The lowest BCUT2D eigenvalue weighted by molar-refractivity contribution is 0.0665. The quantitative estimate of drug-likeness (QED) is 0.824. The van der Waals surface area contributed by atoms with Crippen molar-refractivity contribution < 1.29 is 8.78 Å². The number of rotatable bonds is 5. The van der Waals surface area contributed by atoms with Crippen LogP contribution in [0.4, 0.5) is 8.78 Å². The van der Waals surface area contributed by atoms with Crippen LogP contribution in [-0.4, -0.2) is 31.1 Å². The Morgan fingerprint density at radius 2 is 2.24 bits per heavy atom. The van der Waals surface area contributed by atoms with Gasteiger partial charge in [-0.25, -0.2) is 9.67 Å². The van der Waals surface area contributed by atoms with Crippen LogP contribution in [0.25, 0.3) is 0 Å². The third-order valence-corrected chi connectivity index (χ3v) is 2.25. The molecule has 0 aliphatic heterocycles. The number of alkyl halides is 2. The minimum atomic E-state index is -2.60. The van der Waals surface area contributed by atoms with Crippen molar-refractivity contribution in [1.82, 2.24) is 24.5 Å². The van der Waals surface area contributed by atoms with Crippen molar-refractivity contribution in [3.63, 3.8) is 0 Å². The molecule has 2 heterocycles. The van der Waals surface area contributed by atoms with E-state index in [2.05, 4.69) is 15.3 Å². The first-order chi connectivity index (χ1) is 8.20. The first-order valence-electron chi connectivity index (χ1n) is 5.09. The molecule has 0 aliphatic carbocycles. The highest BCUT2D eigenvalue weighted by Crippen LogP contribution is 2.12. The minimum Gasteiger partial charge on any atom is -0.330 e. The van der Waals surface area contributed by atoms with Crippen LogP contribution in [-0.2, 0) is 13.0 Å². The zero-order chi connectivity index (χ0) is 12.3. The summed E-state index contributed by atoms with van der Waals surface area (Å²) >= 11 is 0. The number of hydrogen-bond donors (Lipinski definition) is 1. The molecule has 2 N–H and O–H groups in total. The van der Waals surface area contributed by atoms with Gasteiger partial charge in [-0.05, 0) is 6.54 Å². The Morgan fingerprint density at radius 1 is 1.41 bits per heavy atom. The van der Waals surface area contributed by atoms with E-state index in [1.54, 1.807) is 6.20 Å². The Hall–Kier alpha value is -1.83. The zero-order valence-electron chi connectivity index (χ0n) is 9.00. The summed E-state index contributed by atoms with van der Waals surface area (Å²) in [5.41, 5.74) is 6.12. The Kier molecular flexibility index (Phi) is 3.43. The number of hydrogen-bond acceptors (Lipinski definition) is 4. The van der Waals surface area contributed by atoms with Gasteiger partial charge in [0.2, 0.25) is 0 Å². The third-order valence-electron chi connectivity index (χ3n) is 2.25. The molecule has 0 unspecified atom stereocenters. The lowest BCUT2D eigenvalue weighted by Gasteiger charge is -2.05. The maximum Gasteiger partial charge on any atom is 0.319 e. The van der Waals surface area contributed by atoms with Crippen molar-refractivity contribution in [2.45, 2.75) is 19.5 Å². The van der Waals surface area contributed by atoms with Gasteiger partial charge in [-0.2, -0.15) is 8.78 Å². The van der Waals surface area contributed by atoms with Crippen LogP contribution in [0, 0.1) is 0 Å². The Morgan fingerprint density at radius 3 is 2.94 bits per heavy atom. The van der Waals surface area contributed by atoms with Gasteiger partial charge in [-0.15, -0.1) is 5.10 Å². The Balaban J connectivity index is 2.11. The summed E-state index contributed by atoms with van der Waals surface area (Å²) in [6.45, 7) is -1.96. The lowest BCUT2D eigenvalue weighted by atomic mass is 10.3. The van der Waals surface area contributed by atoms with Crippen molar-refractivity contribution >= 4 is 0 Å². The number of aromatic nitrogens is 5. The summed E-state index contributed by atoms with van der Waals surface area (Å²) < 4.78 is 27.4. The van der Waals surface area contributed by atoms with Gasteiger partial charge in [0, 0.05) is 25.0 Å². The first kappa shape index (κ1) is 11.6. The fourth-order valence-corrected chi connectivity index (χ4v) is 1.47. The van der Waals surface area contributed by atoms with Crippen molar-refractivity contribution in [3.8, 4) is 0 Å². The SMILES string of the molecule is NCCc1cn(Cc2nccn2C(F)F)nn1. The molecule has 0 aromatic carbocycles. The molecular formula is C9H12F2N6. The highest BCUT2D eigenvalue weighted by atomic mass is 19.3. The van der Waals surface area contributed by atoms with E-state index in [9.17, 15) is 8.78 Å². The molecule has 0 amide bonds. The summed E-state index contributed by atoms with van der Waals surface area (Å²) in [6, 6.07) is 0. The van der Waals surface area contributed by atoms with Gasteiger partial charge in [0.15, 0.2) is 0 Å². The molecule has 0 atom stereocenters. The van der Waals surface area contributed by atoms with Crippen LogP contribution < -0.4 is 5.73 Å². The van der Waals surface area contributed by atoms with Crippen molar-refractivity contribution in [2.24, 2.45) is 5.73 Å². The molecule has 0 bridgehead atoms. The fraction of sp³-hybridized carbons (Fsp3) is 0.444. The fourth-order valence-electron chi connectivity index (χ4n) is 1.47.